The third-order valence-electron chi connectivity index (χ3n) is 2.55. The Morgan fingerprint density at radius 1 is 1.41 bits per heavy atom. The largest absolute Gasteiger partial charge is 0.367 e. The first-order valence-corrected chi connectivity index (χ1v) is 6.12. The van der Waals surface area contributed by atoms with Crippen molar-refractivity contribution in [1.82, 2.24) is 10.3 Å². The predicted octanol–water partition coefficient (Wildman–Crippen LogP) is 3.02. The number of halogens is 1. The molecule has 0 unspecified atom stereocenters. The number of amides is 1. The maximum atomic E-state index is 11.9. The molecule has 0 spiro atoms. The Balaban J connectivity index is 2.04. The summed E-state index contributed by atoms with van der Waals surface area (Å²) < 4.78 is 0.984. The molecule has 2 aromatic rings. The number of aryl methyl sites for hydroxylation is 1. The summed E-state index contributed by atoms with van der Waals surface area (Å²) in [6, 6.07) is 7.57. The highest BCUT2D eigenvalue weighted by molar-refractivity contribution is 9.10. The molecule has 0 aliphatic rings. The van der Waals surface area contributed by atoms with Crippen molar-refractivity contribution in [3.05, 3.63) is 57.8 Å². The van der Waals surface area contributed by atoms with Crippen LogP contribution in [0.15, 0.2) is 41.1 Å². The van der Waals surface area contributed by atoms with Crippen LogP contribution in [0.4, 0.5) is 0 Å². The number of carbonyl (C=O) groups is 1. The van der Waals surface area contributed by atoms with Gasteiger partial charge < -0.3 is 10.3 Å². The van der Waals surface area contributed by atoms with Gasteiger partial charge >= 0.3 is 0 Å². The van der Waals surface area contributed by atoms with Gasteiger partial charge in [0.05, 0.1) is 0 Å². The Morgan fingerprint density at radius 2 is 2.24 bits per heavy atom. The Hall–Kier alpha value is -1.55. The minimum atomic E-state index is -0.0452. The van der Waals surface area contributed by atoms with Gasteiger partial charge in [-0.05, 0) is 42.3 Å². The fourth-order valence-corrected chi connectivity index (χ4v) is 2.10. The molecule has 1 amide bonds. The van der Waals surface area contributed by atoms with Crippen LogP contribution in [-0.2, 0) is 6.54 Å². The van der Waals surface area contributed by atoms with E-state index >= 15 is 0 Å². The standard InChI is InChI=1S/C13H13BrN2O/c1-9-6-11(14)2-3-12(9)13(17)16-8-10-4-5-15-7-10/h2-7,15H,8H2,1H3,(H,16,17). The molecule has 0 atom stereocenters. The van der Waals surface area contributed by atoms with Gasteiger partial charge in [-0.15, -0.1) is 0 Å². The van der Waals surface area contributed by atoms with Crippen molar-refractivity contribution in [2.45, 2.75) is 13.5 Å². The van der Waals surface area contributed by atoms with E-state index in [-0.39, 0.29) is 5.91 Å². The molecular weight excluding hydrogens is 280 g/mol. The summed E-state index contributed by atoms with van der Waals surface area (Å²) >= 11 is 3.38. The van der Waals surface area contributed by atoms with Crippen LogP contribution < -0.4 is 5.32 Å². The molecule has 17 heavy (non-hydrogen) atoms. The Bertz CT molecular complexity index is 520. The molecule has 0 saturated heterocycles. The third-order valence-corrected chi connectivity index (χ3v) is 3.04. The number of H-pyrrole nitrogens is 1. The molecule has 88 valence electrons. The monoisotopic (exact) mass is 292 g/mol. The second-order valence-corrected chi connectivity index (χ2v) is 4.78. The molecular formula is C13H13BrN2O. The zero-order valence-corrected chi connectivity index (χ0v) is 11.0. The van der Waals surface area contributed by atoms with Crippen LogP contribution in [0.5, 0.6) is 0 Å². The first-order valence-electron chi connectivity index (χ1n) is 5.33. The molecule has 3 nitrogen and oxygen atoms in total. The van der Waals surface area contributed by atoms with Gasteiger partial charge in [0.2, 0.25) is 0 Å². The van der Waals surface area contributed by atoms with E-state index in [1.807, 2.05) is 43.6 Å². The van der Waals surface area contributed by atoms with E-state index in [0.717, 1.165) is 15.6 Å². The van der Waals surface area contributed by atoms with Crippen LogP contribution in [0.2, 0.25) is 0 Å². The van der Waals surface area contributed by atoms with E-state index < -0.39 is 0 Å². The van der Waals surface area contributed by atoms with Gasteiger partial charge in [-0.2, -0.15) is 0 Å². The Kier molecular flexibility index (Phi) is 3.64. The number of hydrogen-bond donors (Lipinski definition) is 2. The highest BCUT2D eigenvalue weighted by Gasteiger charge is 2.08. The van der Waals surface area contributed by atoms with E-state index in [9.17, 15) is 4.79 Å². The predicted molar refractivity (Wildman–Crippen MR) is 70.8 cm³/mol. The van der Waals surface area contributed by atoms with Crippen LogP contribution >= 0.6 is 15.9 Å². The Labute approximate surface area is 108 Å². The molecule has 1 aromatic heterocycles. The molecule has 0 fully saturated rings. The maximum Gasteiger partial charge on any atom is 0.251 e. The summed E-state index contributed by atoms with van der Waals surface area (Å²) in [5.41, 5.74) is 2.74. The summed E-state index contributed by atoms with van der Waals surface area (Å²) in [7, 11) is 0. The van der Waals surface area contributed by atoms with Gasteiger partial charge in [-0.1, -0.05) is 15.9 Å². The lowest BCUT2D eigenvalue weighted by Crippen LogP contribution is -2.23. The molecule has 0 saturated carbocycles. The minimum absolute atomic E-state index is 0.0452. The number of aromatic amines is 1. The average molecular weight is 293 g/mol. The normalized spacial score (nSPS) is 10.2. The molecule has 0 bridgehead atoms. The summed E-state index contributed by atoms with van der Waals surface area (Å²) in [4.78, 5) is 14.9. The lowest BCUT2D eigenvalue weighted by atomic mass is 10.1. The van der Waals surface area contributed by atoms with Gasteiger partial charge in [0.15, 0.2) is 0 Å². The van der Waals surface area contributed by atoms with E-state index in [0.29, 0.717) is 12.1 Å². The van der Waals surface area contributed by atoms with Crippen molar-refractivity contribution in [2.75, 3.05) is 0 Å². The van der Waals surface area contributed by atoms with Gasteiger partial charge in [0, 0.05) is 29.0 Å². The van der Waals surface area contributed by atoms with Gasteiger partial charge in [-0.3, -0.25) is 4.79 Å². The second kappa shape index (κ2) is 5.19. The summed E-state index contributed by atoms with van der Waals surface area (Å²) in [5, 5.41) is 2.89. The number of carbonyl (C=O) groups excluding carboxylic acids is 1. The fraction of sp³-hybridized carbons (Fsp3) is 0.154. The zero-order valence-electron chi connectivity index (χ0n) is 9.46. The van der Waals surface area contributed by atoms with Crippen molar-refractivity contribution in [3.8, 4) is 0 Å². The van der Waals surface area contributed by atoms with E-state index in [1.54, 1.807) is 0 Å². The lowest BCUT2D eigenvalue weighted by Gasteiger charge is -2.07. The van der Waals surface area contributed by atoms with Crippen LogP contribution in [0.3, 0.4) is 0 Å². The van der Waals surface area contributed by atoms with Crippen molar-refractivity contribution in [3.63, 3.8) is 0 Å². The van der Waals surface area contributed by atoms with E-state index in [1.165, 1.54) is 0 Å². The zero-order chi connectivity index (χ0) is 12.3. The quantitative estimate of drug-likeness (QED) is 0.897. The SMILES string of the molecule is Cc1cc(Br)ccc1C(=O)NCc1cc[nH]c1. The number of benzene rings is 1. The third kappa shape index (κ3) is 2.97. The molecule has 0 aliphatic heterocycles. The van der Waals surface area contributed by atoms with E-state index in [4.69, 9.17) is 0 Å². The highest BCUT2D eigenvalue weighted by atomic mass is 79.9. The van der Waals surface area contributed by atoms with Gasteiger partial charge in [0.1, 0.15) is 0 Å². The number of rotatable bonds is 3. The van der Waals surface area contributed by atoms with E-state index in [2.05, 4.69) is 26.2 Å². The number of nitrogens with one attached hydrogen (secondary N) is 2. The summed E-state index contributed by atoms with van der Waals surface area (Å²) in [6.07, 6.45) is 3.71. The van der Waals surface area contributed by atoms with Crippen LogP contribution in [0.1, 0.15) is 21.5 Å². The first kappa shape index (κ1) is 11.9. The first-order chi connectivity index (χ1) is 8.16. The van der Waals surface area contributed by atoms with Gasteiger partial charge in [-0.25, -0.2) is 0 Å². The molecule has 0 aliphatic carbocycles. The molecule has 2 rings (SSSR count). The summed E-state index contributed by atoms with van der Waals surface area (Å²) in [5.74, 6) is -0.0452. The van der Waals surface area contributed by atoms with Crippen molar-refractivity contribution in [1.29, 1.82) is 0 Å². The molecule has 4 heteroatoms. The minimum Gasteiger partial charge on any atom is -0.367 e. The van der Waals surface area contributed by atoms with Crippen molar-refractivity contribution < 1.29 is 4.79 Å². The van der Waals surface area contributed by atoms with Crippen LogP contribution in [-0.4, -0.2) is 10.9 Å². The van der Waals surface area contributed by atoms with Gasteiger partial charge in [0.25, 0.3) is 5.91 Å². The van der Waals surface area contributed by atoms with Crippen LogP contribution in [0.25, 0.3) is 0 Å². The van der Waals surface area contributed by atoms with Crippen molar-refractivity contribution >= 4 is 21.8 Å². The number of aromatic nitrogens is 1. The van der Waals surface area contributed by atoms with Crippen molar-refractivity contribution in [2.24, 2.45) is 0 Å². The molecule has 1 aromatic carbocycles. The maximum absolute atomic E-state index is 11.9. The topological polar surface area (TPSA) is 44.9 Å². The molecule has 0 radical (unpaired) electrons. The number of hydrogen-bond acceptors (Lipinski definition) is 1. The van der Waals surface area contributed by atoms with Crippen LogP contribution in [0, 0.1) is 6.92 Å². The molecule has 1 heterocycles. The highest BCUT2D eigenvalue weighted by Crippen LogP contribution is 2.15. The Morgan fingerprint density at radius 3 is 2.88 bits per heavy atom. The summed E-state index contributed by atoms with van der Waals surface area (Å²) in [6.45, 7) is 2.47. The smallest absolute Gasteiger partial charge is 0.251 e. The lowest BCUT2D eigenvalue weighted by molar-refractivity contribution is 0.0950. The molecule has 2 N–H and O–H groups in total. The average Bonchev–Trinajstić information content (AvgIpc) is 2.78. The second-order valence-electron chi connectivity index (χ2n) is 3.86. The fourth-order valence-electron chi connectivity index (χ4n) is 1.63.